The second-order valence-electron chi connectivity index (χ2n) is 4.59. The second-order valence-corrected chi connectivity index (χ2v) is 6.35. The van der Waals surface area contributed by atoms with Crippen molar-refractivity contribution in [3.8, 4) is 0 Å². The lowest BCUT2D eigenvalue weighted by molar-refractivity contribution is -0.173. The monoisotopic (exact) mass is 320 g/mol. The first-order valence-electron chi connectivity index (χ1n) is 6.24. The highest BCUT2D eigenvalue weighted by Crippen LogP contribution is 2.18. The molecule has 6 nitrogen and oxygen atoms in total. The molecule has 10 heteroatoms. The van der Waals surface area contributed by atoms with Crippen LogP contribution in [0.1, 0.15) is 12.8 Å². The summed E-state index contributed by atoms with van der Waals surface area (Å²) >= 11 is 0. The maximum Gasteiger partial charge on any atom is 0.411 e. The zero-order valence-electron chi connectivity index (χ0n) is 10.9. The third kappa shape index (κ3) is 6.35. The van der Waals surface area contributed by atoms with Gasteiger partial charge in [0.2, 0.25) is 0 Å². The molecule has 0 unspecified atom stereocenters. The number of hydrogen-bond acceptors (Lipinski definition) is 4. The number of halogens is 3. The summed E-state index contributed by atoms with van der Waals surface area (Å²) in [6.45, 7) is -1.32. The molecule has 0 aromatic carbocycles. The highest BCUT2D eigenvalue weighted by Gasteiger charge is 2.28. The molecule has 0 radical (unpaired) electrons. The summed E-state index contributed by atoms with van der Waals surface area (Å²) in [5.74, 6) is 0.108. The van der Waals surface area contributed by atoms with Gasteiger partial charge in [0.15, 0.2) is 0 Å². The van der Waals surface area contributed by atoms with Gasteiger partial charge in [-0.1, -0.05) is 0 Å². The lowest BCUT2D eigenvalue weighted by atomic mass is 10.00. The van der Waals surface area contributed by atoms with E-state index in [1.807, 2.05) is 0 Å². The van der Waals surface area contributed by atoms with Gasteiger partial charge < -0.3 is 9.84 Å². The van der Waals surface area contributed by atoms with Gasteiger partial charge in [-0.3, -0.25) is 0 Å². The van der Waals surface area contributed by atoms with E-state index in [1.165, 1.54) is 4.31 Å². The lowest BCUT2D eigenvalue weighted by Crippen LogP contribution is -2.46. The normalized spacial score (nSPS) is 19.4. The van der Waals surface area contributed by atoms with Crippen LogP contribution in [0, 0.1) is 5.92 Å². The average Bonchev–Trinajstić information content (AvgIpc) is 2.37. The lowest BCUT2D eigenvalue weighted by Gasteiger charge is -2.30. The predicted molar refractivity (Wildman–Crippen MR) is 65.2 cm³/mol. The van der Waals surface area contributed by atoms with E-state index in [1.54, 1.807) is 0 Å². The molecule has 1 saturated heterocycles. The molecule has 1 fully saturated rings. The highest BCUT2D eigenvalue weighted by atomic mass is 32.2. The van der Waals surface area contributed by atoms with Gasteiger partial charge in [-0.2, -0.15) is 30.6 Å². The smallest absolute Gasteiger partial charge is 0.396 e. The van der Waals surface area contributed by atoms with Crippen LogP contribution in [0.25, 0.3) is 0 Å². The van der Waals surface area contributed by atoms with Crippen LogP contribution in [0.5, 0.6) is 0 Å². The molecule has 0 aliphatic carbocycles. The quantitative estimate of drug-likeness (QED) is 0.652. The van der Waals surface area contributed by atoms with E-state index in [9.17, 15) is 21.6 Å². The first-order chi connectivity index (χ1) is 9.24. The highest BCUT2D eigenvalue weighted by molar-refractivity contribution is 7.87. The number of nitrogens with zero attached hydrogens (tertiary/aromatic N) is 1. The van der Waals surface area contributed by atoms with Crippen LogP contribution in [0.2, 0.25) is 0 Å². The summed E-state index contributed by atoms with van der Waals surface area (Å²) in [5, 5.41) is 8.95. The molecule has 120 valence electrons. The Balaban J connectivity index is 2.25. The van der Waals surface area contributed by atoms with Crippen molar-refractivity contribution in [1.82, 2.24) is 9.03 Å². The number of alkyl halides is 3. The van der Waals surface area contributed by atoms with Crippen LogP contribution in [-0.2, 0) is 14.9 Å². The van der Waals surface area contributed by atoms with Crippen LogP contribution in [0.4, 0.5) is 13.2 Å². The molecule has 2 N–H and O–H groups in total. The van der Waals surface area contributed by atoms with Gasteiger partial charge in [0, 0.05) is 26.2 Å². The molecule has 0 spiro atoms. The summed E-state index contributed by atoms with van der Waals surface area (Å²) in [6.07, 6.45) is -3.27. The van der Waals surface area contributed by atoms with Gasteiger partial charge in [-0.15, -0.1) is 0 Å². The number of piperidine rings is 1. The van der Waals surface area contributed by atoms with Crippen molar-refractivity contribution in [3.63, 3.8) is 0 Å². The third-order valence-corrected chi connectivity index (χ3v) is 4.58. The van der Waals surface area contributed by atoms with E-state index in [-0.39, 0.29) is 25.7 Å². The van der Waals surface area contributed by atoms with Gasteiger partial charge in [-0.05, 0) is 18.8 Å². The summed E-state index contributed by atoms with van der Waals surface area (Å²) < 4.78 is 66.7. The molecule has 1 aliphatic heterocycles. The van der Waals surface area contributed by atoms with E-state index >= 15 is 0 Å². The van der Waals surface area contributed by atoms with Gasteiger partial charge in [0.1, 0.15) is 6.61 Å². The number of nitrogens with one attached hydrogen (secondary N) is 1. The Morgan fingerprint density at radius 2 is 1.90 bits per heavy atom. The Hall–Kier alpha value is -0.420. The Kier molecular flexibility index (Phi) is 6.65. The maximum absolute atomic E-state index is 11.8. The van der Waals surface area contributed by atoms with Crippen molar-refractivity contribution in [2.75, 3.05) is 39.5 Å². The van der Waals surface area contributed by atoms with Crippen molar-refractivity contribution < 1.29 is 31.4 Å². The van der Waals surface area contributed by atoms with Gasteiger partial charge in [-0.25, -0.2) is 0 Å². The largest absolute Gasteiger partial charge is 0.411 e. The predicted octanol–water partition coefficient (Wildman–Crippen LogP) is 0.104. The van der Waals surface area contributed by atoms with Crippen LogP contribution in [0.3, 0.4) is 0 Å². The molecule has 20 heavy (non-hydrogen) atoms. The molecule has 0 aromatic heterocycles. The minimum Gasteiger partial charge on any atom is -0.396 e. The van der Waals surface area contributed by atoms with Gasteiger partial charge >= 0.3 is 6.18 Å². The fourth-order valence-corrected chi connectivity index (χ4v) is 3.07. The number of hydrogen-bond donors (Lipinski definition) is 2. The zero-order valence-corrected chi connectivity index (χ0v) is 11.7. The SMILES string of the molecule is O=S(=O)(NCCOCC(F)(F)F)N1CCC(CO)CC1. The Morgan fingerprint density at radius 1 is 1.30 bits per heavy atom. The number of rotatable bonds is 7. The maximum atomic E-state index is 11.8. The molecule has 0 bridgehead atoms. The van der Waals surface area contributed by atoms with Crippen molar-refractivity contribution in [3.05, 3.63) is 0 Å². The Morgan fingerprint density at radius 3 is 2.40 bits per heavy atom. The molecule has 1 heterocycles. The topological polar surface area (TPSA) is 78.9 Å². The fraction of sp³-hybridized carbons (Fsp3) is 1.00. The number of aliphatic hydroxyl groups excluding tert-OH is 1. The third-order valence-electron chi connectivity index (χ3n) is 2.97. The second kappa shape index (κ2) is 7.55. The van der Waals surface area contributed by atoms with E-state index in [4.69, 9.17) is 5.11 Å². The van der Waals surface area contributed by atoms with Crippen LogP contribution >= 0.6 is 0 Å². The molecule has 0 atom stereocenters. The van der Waals surface area contributed by atoms with Crippen LogP contribution in [-0.4, -0.2) is 63.5 Å². The molecule has 0 saturated carbocycles. The fourth-order valence-electron chi connectivity index (χ4n) is 1.85. The van der Waals surface area contributed by atoms with Crippen molar-refractivity contribution >= 4 is 10.2 Å². The van der Waals surface area contributed by atoms with Crippen molar-refractivity contribution in [2.45, 2.75) is 19.0 Å². The molecule has 0 amide bonds. The zero-order chi connectivity index (χ0) is 15.2. The Bertz CT molecular complexity index is 380. The van der Waals surface area contributed by atoms with E-state index in [0.29, 0.717) is 25.9 Å². The first-order valence-corrected chi connectivity index (χ1v) is 7.68. The summed E-state index contributed by atoms with van der Waals surface area (Å²) in [7, 11) is -3.69. The van der Waals surface area contributed by atoms with E-state index in [0.717, 1.165) is 0 Å². The molecule has 1 aliphatic rings. The van der Waals surface area contributed by atoms with Crippen molar-refractivity contribution in [2.24, 2.45) is 5.92 Å². The molecular weight excluding hydrogens is 301 g/mol. The summed E-state index contributed by atoms with van der Waals surface area (Å²) in [4.78, 5) is 0. The van der Waals surface area contributed by atoms with E-state index in [2.05, 4.69) is 9.46 Å². The number of ether oxygens (including phenoxy) is 1. The number of aliphatic hydroxyl groups is 1. The van der Waals surface area contributed by atoms with Gasteiger partial charge in [0.25, 0.3) is 10.2 Å². The van der Waals surface area contributed by atoms with Crippen molar-refractivity contribution in [1.29, 1.82) is 0 Å². The van der Waals surface area contributed by atoms with Crippen LogP contribution in [0.15, 0.2) is 0 Å². The Labute approximate surface area is 116 Å². The molecule has 1 rings (SSSR count). The van der Waals surface area contributed by atoms with E-state index < -0.39 is 23.0 Å². The van der Waals surface area contributed by atoms with Crippen LogP contribution < -0.4 is 4.72 Å². The summed E-state index contributed by atoms with van der Waals surface area (Å²) in [5.41, 5.74) is 0. The molecular formula is C10H19F3N2O4S. The minimum absolute atomic E-state index is 0.0343. The average molecular weight is 320 g/mol. The first kappa shape index (κ1) is 17.6. The summed E-state index contributed by atoms with van der Waals surface area (Å²) in [6, 6.07) is 0. The standard InChI is InChI=1S/C10H19F3N2O4S/c11-10(12,13)8-19-6-3-14-20(17,18)15-4-1-9(7-16)2-5-15/h9,14,16H,1-8H2. The minimum atomic E-state index is -4.41. The van der Waals surface area contributed by atoms with Gasteiger partial charge in [0.05, 0.1) is 6.61 Å². The molecule has 0 aromatic rings.